The monoisotopic (exact) mass is 519 g/mol. The lowest BCUT2D eigenvalue weighted by Crippen LogP contribution is -2.19. The van der Waals surface area contributed by atoms with E-state index in [9.17, 15) is 14.4 Å². The van der Waals surface area contributed by atoms with Crippen LogP contribution in [-0.4, -0.2) is 29.6 Å². The molecule has 3 aromatic carbocycles. The summed E-state index contributed by atoms with van der Waals surface area (Å²) in [7, 11) is 0. The lowest BCUT2D eigenvalue weighted by atomic mass is 9.83. The van der Waals surface area contributed by atoms with Crippen LogP contribution in [0.15, 0.2) is 89.0 Å². The lowest BCUT2D eigenvalue weighted by Gasteiger charge is -2.22. The summed E-state index contributed by atoms with van der Waals surface area (Å²) in [5, 5.41) is 0. The van der Waals surface area contributed by atoms with Crippen molar-refractivity contribution in [1.82, 2.24) is 4.98 Å². The van der Waals surface area contributed by atoms with Crippen LogP contribution >= 0.6 is 27.3 Å². The summed E-state index contributed by atoms with van der Waals surface area (Å²) in [4.78, 5) is 43.3. The second kappa shape index (κ2) is 10.5. The molecule has 4 aromatic rings. The number of carbonyl (C=O) groups excluding carboxylic acids is 3. The first-order valence-electron chi connectivity index (χ1n) is 10.1. The molecule has 0 fully saturated rings. The SMILES string of the molecule is O=COCC(c1cncs1)c1c(C(=O)c2ccccc2)cc(Br)cc1C(=O)c1ccccc1. The van der Waals surface area contributed by atoms with Gasteiger partial charge in [-0.25, -0.2) is 0 Å². The summed E-state index contributed by atoms with van der Waals surface area (Å²) in [5.41, 5.74) is 3.89. The molecule has 0 aliphatic carbocycles. The Kier molecular flexibility index (Phi) is 7.22. The van der Waals surface area contributed by atoms with Crippen LogP contribution in [0.3, 0.4) is 0 Å². The van der Waals surface area contributed by atoms with Crippen LogP contribution in [0.25, 0.3) is 0 Å². The summed E-state index contributed by atoms with van der Waals surface area (Å²) < 4.78 is 5.75. The highest BCUT2D eigenvalue weighted by atomic mass is 79.9. The third-order valence-corrected chi connectivity index (χ3v) is 6.53. The number of halogens is 1. The number of hydrogen-bond acceptors (Lipinski definition) is 6. The van der Waals surface area contributed by atoms with Crippen LogP contribution in [0.2, 0.25) is 0 Å². The van der Waals surface area contributed by atoms with Crippen molar-refractivity contribution in [2.24, 2.45) is 0 Å². The Balaban J connectivity index is 1.98. The Morgan fingerprint density at radius 1 is 0.939 bits per heavy atom. The molecule has 0 N–H and O–H groups in total. The highest BCUT2D eigenvalue weighted by Gasteiger charge is 2.30. The molecular formula is C26H18BrNO4S. The lowest BCUT2D eigenvalue weighted by molar-refractivity contribution is -0.128. The Hall–Kier alpha value is -3.42. The molecule has 0 amide bonds. The van der Waals surface area contributed by atoms with Gasteiger partial charge in [-0.15, -0.1) is 11.3 Å². The van der Waals surface area contributed by atoms with Crippen LogP contribution in [0.5, 0.6) is 0 Å². The van der Waals surface area contributed by atoms with Crippen LogP contribution in [-0.2, 0) is 9.53 Å². The summed E-state index contributed by atoms with van der Waals surface area (Å²) in [6.07, 6.45) is 1.67. The van der Waals surface area contributed by atoms with Gasteiger partial charge in [0.15, 0.2) is 11.6 Å². The molecule has 0 aliphatic rings. The number of carbonyl (C=O) groups is 3. The van der Waals surface area contributed by atoms with Crippen molar-refractivity contribution in [3.8, 4) is 0 Å². The van der Waals surface area contributed by atoms with E-state index >= 15 is 0 Å². The molecule has 1 atom stereocenters. The van der Waals surface area contributed by atoms with E-state index < -0.39 is 5.92 Å². The molecular weight excluding hydrogens is 502 g/mol. The number of rotatable bonds is 9. The zero-order valence-electron chi connectivity index (χ0n) is 17.3. The molecule has 5 nitrogen and oxygen atoms in total. The number of aromatic nitrogens is 1. The van der Waals surface area contributed by atoms with E-state index in [-0.39, 0.29) is 18.2 Å². The maximum Gasteiger partial charge on any atom is 0.293 e. The maximum atomic E-state index is 13.6. The van der Waals surface area contributed by atoms with Gasteiger partial charge in [0, 0.05) is 37.8 Å². The van der Waals surface area contributed by atoms with Crippen molar-refractivity contribution in [3.63, 3.8) is 0 Å². The van der Waals surface area contributed by atoms with Crippen molar-refractivity contribution >= 4 is 45.3 Å². The number of benzene rings is 3. The molecule has 7 heteroatoms. The molecule has 0 radical (unpaired) electrons. The second-order valence-corrected chi connectivity index (χ2v) is 9.02. The second-order valence-electron chi connectivity index (χ2n) is 7.19. The van der Waals surface area contributed by atoms with Crippen molar-refractivity contribution in [2.75, 3.05) is 6.61 Å². The van der Waals surface area contributed by atoms with E-state index in [1.807, 2.05) is 12.1 Å². The molecule has 1 aromatic heterocycles. The average Bonchev–Trinajstić information content (AvgIpc) is 3.39. The number of thiazole rings is 1. The molecule has 1 heterocycles. The van der Waals surface area contributed by atoms with Gasteiger partial charge >= 0.3 is 0 Å². The van der Waals surface area contributed by atoms with Gasteiger partial charge in [-0.05, 0) is 17.7 Å². The van der Waals surface area contributed by atoms with Crippen molar-refractivity contribution in [1.29, 1.82) is 0 Å². The molecule has 0 saturated carbocycles. The smallest absolute Gasteiger partial charge is 0.293 e. The molecule has 33 heavy (non-hydrogen) atoms. The zero-order valence-corrected chi connectivity index (χ0v) is 19.7. The molecule has 0 saturated heterocycles. The molecule has 4 rings (SSSR count). The summed E-state index contributed by atoms with van der Waals surface area (Å²) in [5.74, 6) is -0.995. The normalized spacial score (nSPS) is 11.5. The van der Waals surface area contributed by atoms with E-state index in [0.717, 1.165) is 4.88 Å². The Morgan fingerprint density at radius 2 is 1.48 bits per heavy atom. The van der Waals surface area contributed by atoms with E-state index in [1.54, 1.807) is 72.4 Å². The Labute approximate surface area is 203 Å². The number of hydrogen-bond donors (Lipinski definition) is 0. The predicted octanol–water partition coefficient (Wildman–Crippen LogP) is 5.67. The van der Waals surface area contributed by atoms with Gasteiger partial charge in [-0.3, -0.25) is 19.4 Å². The van der Waals surface area contributed by atoms with Gasteiger partial charge < -0.3 is 4.74 Å². The van der Waals surface area contributed by atoms with E-state index in [0.29, 0.717) is 38.8 Å². The van der Waals surface area contributed by atoms with Gasteiger partial charge in [-0.2, -0.15) is 0 Å². The third-order valence-electron chi connectivity index (χ3n) is 5.18. The van der Waals surface area contributed by atoms with Crippen molar-refractivity contribution in [3.05, 3.63) is 122 Å². The minimum atomic E-state index is -0.541. The number of ketones is 2. The fourth-order valence-corrected chi connectivity index (χ4v) is 4.87. The van der Waals surface area contributed by atoms with Crippen LogP contribution in [0.4, 0.5) is 0 Å². The molecule has 0 bridgehead atoms. The van der Waals surface area contributed by atoms with Crippen molar-refractivity contribution < 1.29 is 19.1 Å². The summed E-state index contributed by atoms with van der Waals surface area (Å²) in [6, 6.07) is 21.2. The topological polar surface area (TPSA) is 73.3 Å². The number of ether oxygens (including phenoxy) is 1. The molecule has 0 aliphatic heterocycles. The van der Waals surface area contributed by atoms with Gasteiger partial charge in [0.2, 0.25) is 0 Å². The first kappa shape index (κ1) is 22.8. The summed E-state index contributed by atoms with van der Waals surface area (Å²) >= 11 is 4.85. The Bertz CT molecular complexity index is 1200. The van der Waals surface area contributed by atoms with E-state index in [2.05, 4.69) is 20.9 Å². The van der Waals surface area contributed by atoms with Gasteiger partial charge in [0.1, 0.15) is 6.61 Å². The fourth-order valence-electron chi connectivity index (χ4n) is 3.70. The predicted molar refractivity (Wildman–Crippen MR) is 130 cm³/mol. The quantitative estimate of drug-likeness (QED) is 0.210. The van der Waals surface area contributed by atoms with Crippen LogP contribution < -0.4 is 0 Å². The van der Waals surface area contributed by atoms with Gasteiger partial charge in [-0.1, -0.05) is 76.6 Å². The first-order chi connectivity index (χ1) is 16.1. The minimum absolute atomic E-state index is 0.0303. The van der Waals surface area contributed by atoms with Crippen LogP contribution in [0.1, 0.15) is 48.2 Å². The zero-order chi connectivity index (χ0) is 23.2. The molecule has 164 valence electrons. The summed E-state index contributed by atoms with van der Waals surface area (Å²) in [6.45, 7) is 0.335. The van der Waals surface area contributed by atoms with E-state index in [4.69, 9.17) is 4.74 Å². The first-order valence-corrected chi connectivity index (χ1v) is 11.7. The largest absolute Gasteiger partial charge is 0.467 e. The number of nitrogens with zero attached hydrogens (tertiary/aromatic N) is 1. The van der Waals surface area contributed by atoms with Crippen LogP contribution in [0, 0.1) is 0 Å². The third kappa shape index (κ3) is 4.99. The Morgan fingerprint density at radius 3 is 1.94 bits per heavy atom. The molecule has 1 unspecified atom stereocenters. The van der Waals surface area contributed by atoms with E-state index in [1.165, 1.54) is 11.3 Å². The standard InChI is InChI=1S/C26H18BrNO4S/c27-19-11-20(25(30)17-7-3-1-4-8-17)24(22(14-32-16-29)23-13-28-15-33-23)21(12-19)26(31)18-9-5-2-6-10-18/h1-13,15-16,22H,14H2. The van der Waals surface area contributed by atoms with Gasteiger partial charge in [0.05, 0.1) is 11.4 Å². The highest BCUT2D eigenvalue weighted by molar-refractivity contribution is 9.10. The highest BCUT2D eigenvalue weighted by Crippen LogP contribution is 2.36. The molecule has 0 spiro atoms. The fraction of sp³-hybridized carbons (Fsp3) is 0.0769. The van der Waals surface area contributed by atoms with Gasteiger partial charge in [0.25, 0.3) is 6.47 Å². The minimum Gasteiger partial charge on any atom is -0.467 e. The van der Waals surface area contributed by atoms with Crippen molar-refractivity contribution in [2.45, 2.75) is 5.92 Å². The maximum absolute atomic E-state index is 13.6. The average molecular weight is 520 g/mol.